The Kier molecular flexibility index (Phi) is 6.06. The Balaban J connectivity index is 2.29. The molecule has 0 bridgehead atoms. The number of rotatable bonds is 7. The highest BCUT2D eigenvalue weighted by Crippen LogP contribution is 2.12. The van der Waals surface area contributed by atoms with E-state index in [-0.39, 0.29) is 18.1 Å². The lowest BCUT2D eigenvalue weighted by molar-refractivity contribution is -0.127. The molecule has 0 aromatic heterocycles. The first kappa shape index (κ1) is 15.2. The average molecular weight is 263 g/mol. The number of ether oxygens (including phenoxy) is 1. The van der Waals surface area contributed by atoms with Gasteiger partial charge in [-0.3, -0.25) is 9.59 Å². The molecule has 0 fully saturated rings. The van der Waals surface area contributed by atoms with E-state index < -0.39 is 6.04 Å². The van der Waals surface area contributed by atoms with Gasteiger partial charge < -0.3 is 10.1 Å². The molecule has 0 aliphatic rings. The fraction of sp³-hybridized carbons (Fsp3) is 0.467. The molecule has 0 radical (unpaired) electrons. The van der Waals surface area contributed by atoms with Crippen molar-refractivity contribution in [1.82, 2.24) is 5.32 Å². The van der Waals surface area contributed by atoms with Crippen LogP contribution in [-0.2, 0) is 9.59 Å². The maximum Gasteiger partial charge on any atom is 0.223 e. The van der Waals surface area contributed by atoms with E-state index >= 15 is 0 Å². The maximum atomic E-state index is 11.6. The molecule has 0 saturated heterocycles. The Morgan fingerprint density at radius 1 is 1.37 bits per heavy atom. The summed E-state index contributed by atoms with van der Waals surface area (Å²) in [5, 5.41) is 2.66. The number of benzene rings is 1. The van der Waals surface area contributed by atoms with Crippen LogP contribution < -0.4 is 10.1 Å². The summed E-state index contributed by atoms with van der Waals surface area (Å²) < 4.78 is 5.48. The largest absolute Gasteiger partial charge is 0.493 e. The van der Waals surface area contributed by atoms with E-state index in [1.54, 1.807) is 13.8 Å². The summed E-state index contributed by atoms with van der Waals surface area (Å²) >= 11 is 0. The van der Waals surface area contributed by atoms with E-state index in [9.17, 15) is 9.59 Å². The van der Waals surface area contributed by atoms with Gasteiger partial charge in [0.2, 0.25) is 5.91 Å². The van der Waals surface area contributed by atoms with E-state index in [0.29, 0.717) is 13.0 Å². The van der Waals surface area contributed by atoms with Crippen molar-refractivity contribution in [2.45, 2.75) is 39.7 Å². The van der Waals surface area contributed by atoms with E-state index in [1.807, 2.05) is 31.2 Å². The number of aryl methyl sites for hydroxylation is 1. The van der Waals surface area contributed by atoms with Gasteiger partial charge in [-0.05, 0) is 31.5 Å². The predicted molar refractivity (Wildman–Crippen MR) is 74.2 cm³/mol. The maximum absolute atomic E-state index is 11.6. The molecule has 0 heterocycles. The van der Waals surface area contributed by atoms with Crippen molar-refractivity contribution in [2.75, 3.05) is 6.61 Å². The molecule has 4 nitrogen and oxygen atoms in total. The molecule has 1 atom stereocenters. The van der Waals surface area contributed by atoms with Crippen LogP contribution in [0.5, 0.6) is 5.75 Å². The summed E-state index contributed by atoms with van der Waals surface area (Å²) in [4.78, 5) is 22.9. The van der Waals surface area contributed by atoms with Crippen molar-refractivity contribution < 1.29 is 14.3 Å². The van der Waals surface area contributed by atoms with Crippen molar-refractivity contribution in [3.8, 4) is 5.75 Å². The van der Waals surface area contributed by atoms with E-state index in [4.69, 9.17) is 4.74 Å². The monoisotopic (exact) mass is 263 g/mol. The van der Waals surface area contributed by atoms with Crippen molar-refractivity contribution in [1.29, 1.82) is 0 Å². The van der Waals surface area contributed by atoms with Gasteiger partial charge in [-0.25, -0.2) is 0 Å². The number of nitrogens with one attached hydrogen (secondary N) is 1. The van der Waals surface area contributed by atoms with Crippen LogP contribution in [0, 0.1) is 6.92 Å². The van der Waals surface area contributed by atoms with Crippen LogP contribution in [0.25, 0.3) is 0 Å². The molecule has 1 aromatic rings. The highest BCUT2D eigenvalue weighted by atomic mass is 16.5. The molecular formula is C15H21NO3. The number of hydrogen-bond donors (Lipinski definition) is 1. The zero-order valence-corrected chi connectivity index (χ0v) is 11.7. The second-order valence-corrected chi connectivity index (χ2v) is 4.52. The van der Waals surface area contributed by atoms with Gasteiger partial charge in [0.1, 0.15) is 5.75 Å². The first-order valence-electron chi connectivity index (χ1n) is 6.54. The van der Waals surface area contributed by atoms with Crippen molar-refractivity contribution in [2.24, 2.45) is 0 Å². The summed E-state index contributed by atoms with van der Waals surface area (Å²) in [6.45, 7) is 5.77. The van der Waals surface area contributed by atoms with Crippen LogP contribution in [0.2, 0.25) is 0 Å². The Labute approximate surface area is 114 Å². The lowest BCUT2D eigenvalue weighted by Gasteiger charge is -2.12. The molecule has 1 amide bonds. The topological polar surface area (TPSA) is 55.4 Å². The summed E-state index contributed by atoms with van der Waals surface area (Å²) in [7, 11) is 0. The molecule has 1 N–H and O–H groups in total. The highest BCUT2D eigenvalue weighted by molar-refractivity contribution is 5.88. The molecule has 1 unspecified atom stereocenters. The standard InChI is InChI=1S/C15H21NO3/c1-4-14(17)12(3)16-15(18)8-9-19-13-7-5-6-11(2)10-13/h5-7,10,12H,4,8-9H2,1-3H3,(H,16,18). The highest BCUT2D eigenvalue weighted by Gasteiger charge is 2.13. The number of ketones is 1. The number of amides is 1. The van der Waals surface area contributed by atoms with E-state index in [2.05, 4.69) is 5.32 Å². The third kappa shape index (κ3) is 5.55. The van der Waals surface area contributed by atoms with Crippen LogP contribution >= 0.6 is 0 Å². The van der Waals surface area contributed by atoms with Crippen molar-refractivity contribution >= 4 is 11.7 Å². The summed E-state index contributed by atoms with van der Waals surface area (Å²) in [6.07, 6.45) is 0.677. The van der Waals surface area contributed by atoms with E-state index in [1.165, 1.54) is 0 Å². The molecule has 1 aromatic carbocycles. The first-order valence-corrected chi connectivity index (χ1v) is 6.54. The molecule has 0 aliphatic heterocycles. The van der Waals surface area contributed by atoms with Crippen LogP contribution in [0.4, 0.5) is 0 Å². The average Bonchev–Trinajstić information content (AvgIpc) is 2.37. The minimum atomic E-state index is -0.420. The molecule has 104 valence electrons. The fourth-order valence-electron chi connectivity index (χ4n) is 1.67. The fourth-order valence-corrected chi connectivity index (χ4v) is 1.67. The first-order chi connectivity index (χ1) is 9.02. The smallest absolute Gasteiger partial charge is 0.223 e. The quantitative estimate of drug-likeness (QED) is 0.821. The van der Waals surface area contributed by atoms with Crippen LogP contribution in [0.1, 0.15) is 32.3 Å². The van der Waals surface area contributed by atoms with Crippen LogP contribution in [0.3, 0.4) is 0 Å². The SMILES string of the molecule is CCC(=O)C(C)NC(=O)CCOc1cccc(C)c1. The summed E-state index contributed by atoms with van der Waals surface area (Å²) in [5.74, 6) is 0.625. The van der Waals surface area contributed by atoms with Crippen molar-refractivity contribution in [3.05, 3.63) is 29.8 Å². The Bertz CT molecular complexity index is 443. The molecule has 0 spiro atoms. The zero-order valence-electron chi connectivity index (χ0n) is 11.7. The normalized spacial score (nSPS) is 11.7. The van der Waals surface area contributed by atoms with Gasteiger partial charge in [-0.1, -0.05) is 19.1 Å². The molecule has 1 rings (SSSR count). The lowest BCUT2D eigenvalue weighted by atomic mass is 10.1. The van der Waals surface area contributed by atoms with Gasteiger partial charge in [0.25, 0.3) is 0 Å². The summed E-state index contributed by atoms with van der Waals surface area (Å²) in [5.41, 5.74) is 1.11. The third-order valence-corrected chi connectivity index (χ3v) is 2.80. The number of hydrogen-bond acceptors (Lipinski definition) is 3. The molecule has 0 saturated carbocycles. The molecule has 19 heavy (non-hydrogen) atoms. The summed E-state index contributed by atoms with van der Waals surface area (Å²) in [6, 6.07) is 7.25. The number of carbonyl (C=O) groups is 2. The van der Waals surface area contributed by atoms with E-state index in [0.717, 1.165) is 11.3 Å². The Hall–Kier alpha value is -1.84. The van der Waals surface area contributed by atoms with Crippen LogP contribution in [-0.4, -0.2) is 24.3 Å². The molecule has 0 aliphatic carbocycles. The molecule has 4 heteroatoms. The van der Waals surface area contributed by atoms with Gasteiger partial charge in [0.15, 0.2) is 5.78 Å². The van der Waals surface area contributed by atoms with Gasteiger partial charge in [-0.2, -0.15) is 0 Å². The third-order valence-electron chi connectivity index (χ3n) is 2.80. The molecular weight excluding hydrogens is 242 g/mol. The minimum Gasteiger partial charge on any atom is -0.493 e. The predicted octanol–water partition coefficient (Wildman–Crippen LogP) is 2.25. The number of carbonyl (C=O) groups excluding carboxylic acids is 2. The minimum absolute atomic E-state index is 0.0351. The Morgan fingerprint density at radius 2 is 2.11 bits per heavy atom. The second kappa shape index (κ2) is 7.56. The Morgan fingerprint density at radius 3 is 2.74 bits per heavy atom. The van der Waals surface area contributed by atoms with Crippen molar-refractivity contribution in [3.63, 3.8) is 0 Å². The zero-order chi connectivity index (χ0) is 14.3. The van der Waals surface area contributed by atoms with Gasteiger partial charge in [0, 0.05) is 6.42 Å². The lowest BCUT2D eigenvalue weighted by Crippen LogP contribution is -2.38. The van der Waals surface area contributed by atoms with Gasteiger partial charge in [-0.15, -0.1) is 0 Å². The van der Waals surface area contributed by atoms with Gasteiger partial charge in [0.05, 0.1) is 19.1 Å². The van der Waals surface area contributed by atoms with Gasteiger partial charge >= 0.3 is 0 Å². The van der Waals surface area contributed by atoms with Crippen LogP contribution in [0.15, 0.2) is 24.3 Å². The second-order valence-electron chi connectivity index (χ2n) is 4.52. The number of Topliss-reactive ketones (excluding diaryl/α,β-unsaturated/α-hetero) is 1.